The molecule has 0 amide bonds. The number of likely N-dealkylation sites (N-methyl/N-ethyl adjacent to an activating group) is 1. The van der Waals surface area contributed by atoms with E-state index in [1.54, 1.807) is 0 Å². The number of rotatable bonds is 4. The average molecular weight is 240 g/mol. The van der Waals surface area contributed by atoms with Gasteiger partial charge in [-0.15, -0.1) is 0 Å². The third kappa shape index (κ3) is 2.71. The van der Waals surface area contributed by atoms with Gasteiger partial charge in [0.1, 0.15) is 0 Å². The van der Waals surface area contributed by atoms with E-state index in [4.69, 9.17) is 5.73 Å². The normalized spacial score (nSPS) is 12.3. The number of para-hydroxylation sites is 1. The van der Waals surface area contributed by atoms with Crippen LogP contribution in [-0.2, 0) is 6.42 Å². The fraction of sp³-hybridized carbons (Fsp3) is 0.250. The second-order valence-electron chi connectivity index (χ2n) is 4.60. The number of nitrogens with two attached hydrogens (primary N) is 1. The first-order valence-corrected chi connectivity index (χ1v) is 6.28. The van der Waals surface area contributed by atoms with Crippen molar-refractivity contribution in [2.75, 3.05) is 12.8 Å². The summed E-state index contributed by atoms with van der Waals surface area (Å²) in [5.74, 6) is 0. The van der Waals surface area contributed by atoms with Gasteiger partial charge >= 0.3 is 0 Å². The number of nitrogens with one attached hydrogen (secondary N) is 1. The minimum Gasteiger partial charge on any atom is -0.399 e. The number of hydrogen-bond acceptors (Lipinski definition) is 2. The number of hydrogen-bond donors (Lipinski definition) is 2. The Morgan fingerprint density at radius 2 is 1.72 bits per heavy atom. The Kier molecular flexibility index (Phi) is 4.00. The second-order valence-corrected chi connectivity index (χ2v) is 4.60. The molecule has 1 unspecified atom stereocenters. The van der Waals surface area contributed by atoms with E-state index < -0.39 is 0 Å². The van der Waals surface area contributed by atoms with Crippen LogP contribution in [0.25, 0.3) is 0 Å². The standard InChI is InChI=1S/C16H20N2/c1-12-7-3-5-9-14(12)16(18-2)11-13-8-4-6-10-15(13)17/h3-10,16,18H,11,17H2,1-2H3. The van der Waals surface area contributed by atoms with Crippen LogP contribution in [0.2, 0.25) is 0 Å². The van der Waals surface area contributed by atoms with Crippen LogP contribution in [0, 0.1) is 6.92 Å². The first-order chi connectivity index (χ1) is 8.72. The van der Waals surface area contributed by atoms with Gasteiger partial charge in [-0.05, 0) is 43.1 Å². The molecule has 2 aromatic carbocycles. The summed E-state index contributed by atoms with van der Waals surface area (Å²) in [5.41, 5.74) is 10.7. The quantitative estimate of drug-likeness (QED) is 0.806. The summed E-state index contributed by atoms with van der Waals surface area (Å²) in [4.78, 5) is 0. The van der Waals surface area contributed by atoms with E-state index in [0.29, 0.717) is 6.04 Å². The molecule has 2 rings (SSSR count). The van der Waals surface area contributed by atoms with Gasteiger partial charge in [-0.2, -0.15) is 0 Å². The van der Waals surface area contributed by atoms with Crippen LogP contribution in [0.3, 0.4) is 0 Å². The van der Waals surface area contributed by atoms with Crippen molar-refractivity contribution in [1.29, 1.82) is 0 Å². The fourth-order valence-corrected chi connectivity index (χ4v) is 2.29. The smallest absolute Gasteiger partial charge is 0.0361 e. The monoisotopic (exact) mass is 240 g/mol. The van der Waals surface area contributed by atoms with E-state index in [1.165, 1.54) is 16.7 Å². The zero-order chi connectivity index (χ0) is 13.0. The summed E-state index contributed by atoms with van der Waals surface area (Å²) in [6.45, 7) is 2.15. The molecule has 0 aliphatic carbocycles. The topological polar surface area (TPSA) is 38.0 Å². The highest BCUT2D eigenvalue weighted by atomic mass is 14.9. The first-order valence-electron chi connectivity index (χ1n) is 6.28. The predicted molar refractivity (Wildman–Crippen MR) is 77.5 cm³/mol. The Morgan fingerprint density at radius 1 is 1.06 bits per heavy atom. The molecular weight excluding hydrogens is 220 g/mol. The van der Waals surface area contributed by atoms with Crippen LogP contribution in [0.5, 0.6) is 0 Å². The number of nitrogen functional groups attached to an aromatic ring is 1. The van der Waals surface area contributed by atoms with Gasteiger partial charge in [-0.25, -0.2) is 0 Å². The van der Waals surface area contributed by atoms with Crippen molar-refractivity contribution in [2.24, 2.45) is 0 Å². The zero-order valence-electron chi connectivity index (χ0n) is 11.0. The molecule has 0 saturated carbocycles. The van der Waals surface area contributed by atoms with Gasteiger partial charge in [0.15, 0.2) is 0 Å². The Hall–Kier alpha value is -1.80. The van der Waals surface area contributed by atoms with E-state index in [2.05, 4.69) is 42.6 Å². The van der Waals surface area contributed by atoms with Crippen LogP contribution >= 0.6 is 0 Å². The summed E-state index contributed by atoms with van der Waals surface area (Å²) < 4.78 is 0. The molecule has 0 saturated heterocycles. The molecule has 0 heterocycles. The summed E-state index contributed by atoms with van der Waals surface area (Å²) in [6, 6.07) is 16.8. The van der Waals surface area contributed by atoms with Crippen molar-refractivity contribution >= 4 is 5.69 Å². The lowest BCUT2D eigenvalue weighted by molar-refractivity contribution is 0.590. The Balaban J connectivity index is 2.26. The second kappa shape index (κ2) is 5.69. The molecular formula is C16H20N2. The molecule has 18 heavy (non-hydrogen) atoms. The lowest BCUT2D eigenvalue weighted by Gasteiger charge is -2.19. The van der Waals surface area contributed by atoms with Crippen LogP contribution in [0.15, 0.2) is 48.5 Å². The molecule has 0 bridgehead atoms. The number of anilines is 1. The van der Waals surface area contributed by atoms with Gasteiger partial charge in [0.25, 0.3) is 0 Å². The lowest BCUT2D eigenvalue weighted by atomic mass is 9.95. The highest BCUT2D eigenvalue weighted by Crippen LogP contribution is 2.23. The van der Waals surface area contributed by atoms with E-state index >= 15 is 0 Å². The van der Waals surface area contributed by atoms with Crippen LogP contribution in [-0.4, -0.2) is 7.05 Å². The third-order valence-corrected chi connectivity index (χ3v) is 3.39. The maximum Gasteiger partial charge on any atom is 0.0361 e. The summed E-state index contributed by atoms with van der Waals surface area (Å²) >= 11 is 0. The van der Waals surface area contributed by atoms with Crippen LogP contribution in [0.4, 0.5) is 5.69 Å². The van der Waals surface area contributed by atoms with Gasteiger partial charge in [0.2, 0.25) is 0 Å². The van der Waals surface area contributed by atoms with Crippen LogP contribution < -0.4 is 11.1 Å². The lowest BCUT2D eigenvalue weighted by Crippen LogP contribution is -2.20. The van der Waals surface area contributed by atoms with E-state index in [9.17, 15) is 0 Å². The maximum absolute atomic E-state index is 6.01. The molecule has 0 radical (unpaired) electrons. The first kappa shape index (κ1) is 12.7. The van der Waals surface area contributed by atoms with E-state index in [1.807, 2.05) is 25.2 Å². The number of aryl methyl sites for hydroxylation is 1. The molecule has 2 nitrogen and oxygen atoms in total. The minimum absolute atomic E-state index is 0.302. The van der Waals surface area contributed by atoms with E-state index in [0.717, 1.165) is 12.1 Å². The molecule has 2 aromatic rings. The molecule has 0 fully saturated rings. The average Bonchev–Trinajstić information content (AvgIpc) is 2.39. The van der Waals surface area contributed by atoms with Gasteiger partial charge in [0, 0.05) is 11.7 Å². The molecule has 94 valence electrons. The largest absolute Gasteiger partial charge is 0.399 e. The van der Waals surface area contributed by atoms with Crippen molar-refractivity contribution < 1.29 is 0 Å². The molecule has 0 aliphatic heterocycles. The molecule has 2 heteroatoms. The Bertz CT molecular complexity index is 520. The Labute approximate surface area is 109 Å². The fourth-order valence-electron chi connectivity index (χ4n) is 2.29. The SMILES string of the molecule is CNC(Cc1ccccc1N)c1ccccc1C. The third-order valence-electron chi connectivity index (χ3n) is 3.39. The summed E-state index contributed by atoms with van der Waals surface area (Å²) in [7, 11) is 2.00. The predicted octanol–water partition coefficient (Wildman–Crippen LogP) is 3.08. The molecule has 3 N–H and O–H groups in total. The van der Waals surface area contributed by atoms with Crippen LogP contribution in [0.1, 0.15) is 22.7 Å². The van der Waals surface area contributed by atoms with E-state index in [-0.39, 0.29) is 0 Å². The molecule has 0 spiro atoms. The van der Waals surface area contributed by atoms with Gasteiger partial charge in [-0.1, -0.05) is 42.5 Å². The summed E-state index contributed by atoms with van der Waals surface area (Å²) in [5, 5.41) is 3.38. The Morgan fingerprint density at radius 3 is 2.39 bits per heavy atom. The maximum atomic E-state index is 6.01. The molecule has 0 aromatic heterocycles. The minimum atomic E-state index is 0.302. The van der Waals surface area contributed by atoms with Crippen molar-refractivity contribution in [2.45, 2.75) is 19.4 Å². The van der Waals surface area contributed by atoms with Gasteiger partial charge in [-0.3, -0.25) is 0 Å². The van der Waals surface area contributed by atoms with Crippen molar-refractivity contribution in [3.8, 4) is 0 Å². The van der Waals surface area contributed by atoms with Crippen molar-refractivity contribution in [3.63, 3.8) is 0 Å². The van der Waals surface area contributed by atoms with Crippen molar-refractivity contribution in [3.05, 3.63) is 65.2 Å². The van der Waals surface area contributed by atoms with Gasteiger partial charge in [0.05, 0.1) is 0 Å². The highest BCUT2D eigenvalue weighted by Gasteiger charge is 2.13. The number of benzene rings is 2. The summed E-state index contributed by atoms with van der Waals surface area (Å²) in [6.07, 6.45) is 0.911. The van der Waals surface area contributed by atoms with Gasteiger partial charge < -0.3 is 11.1 Å². The highest BCUT2D eigenvalue weighted by molar-refractivity contribution is 5.47. The van der Waals surface area contributed by atoms with Crippen molar-refractivity contribution in [1.82, 2.24) is 5.32 Å². The molecule has 1 atom stereocenters. The molecule has 0 aliphatic rings. The zero-order valence-corrected chi connectivity index (χ0v) is 11.0.